The van der Waals surface area contributed by atoms with Gasteiger partial charge in [0.25, 0.3) is 0 Å². The molecule has 3 heteroatoms. The van der Waals surface area contributed by atoms with Gasteiger partial charge in [0.2, 0.25) is 0 Å². The number of halogens is 1. The van der Waals surface area contributed by atoms with E-state index in [9.17, 15) is 0 Å². The first kappa shape index (κ1) is 15.1. The molecule has 106 valence electrons. The number of rotatable bonds is 5. The van der Waals surface area contributed by atoms with Crippen LogP contribution in [0.3, 0.4) is 0 Å². The minimum absolute atomic E-state index is 0.846. The minimum atomic E-state index is 0.846. The number of benzene rings is 2. The van der Waals surface area contributed by atoms with Crippen LogP contribution >= 0.6 is 15.9 Å². The van der Waals surface area contributed by atoms with Gasteiger partial charge in [0.15, 0.2) is 0 Å². The van der Waals surface area contributed by atoms with E-state index in [1.165, 1.54) is 11.1 Å². The standard InChI is InChI=1S/C17H20BrNO/c1-4-19-11-14-7-8-16(15(18)10-14)20-17-9-12(2)5-6-13(17)3/h5-10,19H,4,11H2,1-3H3. The van der Waals surface area contributed by atoms with Gasteiger partial charge in [0.05, 0.1) is 4.47 Å². The third kappa shape index (κ3) is 3.84. The Labute approximate surface area is 129 Å². The van der Waals surface area contributed by atoms with Crippen LogP contribution in [0, 0.1) is 13.8 Å². The Bertz CT molecular complexity index is 596. The van der Waals surface area contributed by atoms with E-state index in [1.807, 2.05) is 6.07 Å². The van der Waals surface area contributed by atoms with Crippen LogP contribution < -0.4 is 10.1 Å². The molecule has 0 saturated heterocycles. The Morgan fingerprint density at radius 3 is 2.55 bits per heavy atom. The average molecular weight is 334 g/mol. The average Bonchev–Trinajstić information content (AvgIpc) is 2.43. The fourth-order valence-corrected chi connectivity index (χ4v) is 2.45. The summed E-state index contributed by atoms with van der Waals surface area (Å²) in [6.07, 6.45) is 0. The van der Waals surface area contributed by atoms with Crippen molar-refractivity contribution in [3.8, 4) is 11.5 Å². The van der Waals surface area contributed by atoms with E-state index in [2.05, 4.69) is 72.3 Å². The number of ether oxygens (including phenoxy) is 1. The topological polar surface area (TPSA) is 21.3 Å². The first-order valence-electron chi connectivity index (χ1n) is 6.84. The fourth-order valence-electron chi connectivity index (χ4n) is 1.94. The van der Waals surface area contributed by atoms with Crippen LogP contribution in [0.5, 0.6) is 11.5 Å². The zero-order valence-corrected chi connectivity index (χ0v) is 13.8. The molecule has 0 aromatic heterocycles. The molecule has 0 bridgehead atoms. The molecular formula is C17H20BrNO. The third-order valence-electron chi connectivity index (χ3n) is 3.14. The third-order valence-corrected chi connectivity index (χ3v) is 3.76. The lowest BCUT2D eigenvalue weighted by atomic mass is 10.1. The molecule has 0 atom stereocenters. The van der Waals surface area contributed by atoms with Gasteiger partial charge in [-0.15, -0.1) is 0 Å². The predicted molar refractivity (Wildman–Crippen MR) is 87.5 cm³/mol. The minimum Gasteiger partial charge on any atom is -0.456 e. The van der Waals surface area contributed by atoms with Crippen molar-refractivity contribution in [1.82, 2.24) is 5.32 Å². The van der Waals surface area contributed by atoms with Gasteiger partial charge in [-0.1, -0.05) is 25.1 Å². The number of nitrogens with one attached hydrogen (secondary N) is 1. The summed E-state index contributed by atoms with van der Waals surface area (Å²) in [5.41, 5.74) is 3.58. The molecule has 0 radical (unpaired) electrons. The predicted octanol–water partition coefficient (Wildman–Crippen LogP) is 4.97. The van der Waals surface area contributed by atoms with E-state index in [1.54, 1.807) is 0 Å². The molecule has 0 saturated carbocycles. The highest BCUT2D eigenvalue weighted by atomic mass is 79.9. The molecule has 2 aromatic carbocycles. The van der Waals surface area contributed by atoms with Crippen LogP contribution in [-0.4, -0.2) is 6.54 Å². The molecule has 2 nitrogen and oxygen atoms in total. The molecule has 0 spiro atoms. The van der Waals surface area contributed by atoms with Gasteiger partial charge in [-0.2, -0.15) is 0 Å². The SMILES string of the molecule is CCNCc1ccc(Oc2cc(C)ccc2C)c(Br)c1. The van der Waals surface area contributed by atoms with Crippen molar-refractivity contribution in [1.29, 1.82) is 0 Å². The molecular weight excluding hydrogens is 314 g/mol. The second kappa shape index (κ2) is 6.91. The van der Waals surface area contributed by atoms with Crippen molar-refractivity contribution in [2.45, 2.75) is 27.3 Å². The quantitative estimate of drug-likeness (QED) is 0.834. The summed E-state index contributed by atoms with van der Waals surface area (Å²) in [7, 11) is 0. The maximum absolute atomic E-state index is 6.01. The summed E-state index contributed by atoms with van der Waals surface area (Å²) >= 11 is 3.59. The summed E-state index contributed by atoms with van der Waals surface area (Å²) in [5, 5.41) is 3.32. The second-order valence-corrected chi connectivity index (χ2v) is 5.77. The maximum atomic E-state index is 6.01. The van der Waals surface area contributed by atoms with Gasteiger partial charge in [0.1, 0.15) is 11.5 Å². The summed E-state index contributed by atoms with van der Waals surface area (Å²) < 4.78 is 6.99. The first-order valence-corrected chi connectivity index (χ1v) is 7.63. The van der Waals surface area contributed by atoms with Gasteiger partial charge in [-0.05, 0) is 71.2 Å². The summed E-state index contributed by atoms with van der Waals surface area (Å²) in [5.74, 6) is 1.75. The van der Waals surface area contributed by atoms with E-state index >= 15 is 0 Å². The van der Waals surface area contributed by atoms with Crippen LogP contribution in [0.2, 0.25) is 0 Å². The largest absolute Gasteiger partial charge is 0.456 e. The lowest BCUT2D eigenvalue weighted by Gasteiger charge is -2.12. The van der Waals surface area contributed by atoms with Gasteiger partial charge < -0.3 is 10.1 Å². The lowest BCUT2D eigenvalue weighted by Crippen LogP contribution is -2.11. The number of hydrogen-bond donors (Lipinski definition) is 1. The van der Waals surface area contributed by atoms with Crippen molar-refractivity contribution in [3.63, 3.8) is 0 Å². The highest BCUT2D eigenvalue weighted by molar-refractivity contribution is 9.10. The Morgan fingerprint density at radius 2 is 1.85 bits per heavy atom. The van der Waals surface area contributed by atoms with Crippen LogP contribution in [0.1, 0.15) is 23.6 Å². The zero-order valence-electron chi connectivity index (χ0n) is 12.2. The Morgan fingerprint density at radius 1 is 1.05 bits per heavy atom. The smallest absolute Gasteiger partial charge is 0.141 e. The molecule has 2 rings (SSSR count). The van der Waals surface area contributed by atoms with Gasteiger partial charge in [-0.25, -0.2) is 0 Å². The highest BCUT2D eigenvalue weighted by Crippen LogP contribution is 2.32. The number of aryl methyl sites for hydroxylation is 2. The molecule has 2 aromatic rings. The van der Waals surface area contributed by atoms with Gasteiger partial charge in [0, 0.05) is 6.54 Å². The molecule has 0 heterocycles. The number of hydrogen-bond acceptors (Lipinski definition) is 2. The van der Waals surface area contributed by atoms with Crippen LogP contribution in [-0.2, 0) is 6.54 Å². The summed E-state index contributed by atoms with van der Waals surface area (Å²) in [6.45, 7) is 8.08. The highest BCUT2D eigenvalue weighted by Gasteiger charge is 2.06. The van der Waals surface area contributed by atoms with Crippen LogP contribution in [0.25, 0.3) is 0 Å². The second-order valence-electron chi connectivity index (χ2n) is 4.92. The van der Waals surface area contributed by atoms with Gasteiger partial charge in [-0.3, -0.25) is 0 Å². The maximum Gasteiger partial charge on any atom is 0.141 e. The Balaban J connectivity index is 2.19. The monoisotopic (exact) mass is 333 g/mol. The van der Waals surface area contributed by atoms with E-state index in [-0.39, 0.29) is 0 Å². The van der Waals surface area contributed by atoms with Gasteiger partial charge >= 0.3 is 0 Å². The van der Waals surface area contributed by atoms with Crippen molar-refractivity contribution in [3.05, 3.63) is 57.6 Å². The van der Waals surface area contributed by atoms with E-state index < -0.39 is 0 Å². The Kier molecular flexibility index (Phi) is 5.21. The van der Waals surface area contributed by atoms with Crippen LogP contribution in [0.15, 0.2) is 40.9 Å². The molecule has 0 aliphatic rings. The van der Waals surface area contributed by atoms with Crippen molar-refractivity contribution < 1.29 is 4.74 Å². The zero-order chi connectivity index (χ0) is 14.5. The molecule has 20 heavy (non-hydrogen) atoms. The van der Waals surface area contributed by atoms with Crippen molar-refractivity contribution in [2.24, 2.45) is 0 Å². The molecule has 1 N–H and O–H groups in total. The molecule has 0 aliphatic carbocycles. The molecule has 0 unspecified atom stereocenters. The van der Waals surface area contributed by atoms with E-state index in [0.29, 0.717) is 0 Å². The Hall–Kier alpha value is -1.32. The van der Waals surface area contributed by atoms with E-state index in [0.717, 1.165) is 34.6 Å². The van der Waals surface area contributed by atoms with Crippen molar-refractivity contribution in [2.75, 3.05) is 6.54 Å². The fraction of sp³-hybridized carbons (Fsp3) is 0.294. The molecule has 0 amide bonds. The lowest BCUT2D eigenvalue weighted by molar-refractivity contribution is 0.475. The first-order chi connectivity index (χ1) is 9.60. The normalized spacial score (nSPS) is 10.6. The molecule has 0 fully saturated rings. The van der Waals surface area contributed by atoms with Crippen LogP contribution in [0.4, 0.5) is 0 Å². The van der Waals surface area contributed by atoms with E-state index in [4.69, 9.17) is 4.74 Å². The van der Waals surface area contributed by atoms with Crippen molar-refractivity contribution >= 4 is 15.9 Å². The summed E-state index contributed by atoms with van der Waals surface area (Å²) in [4.78, 5) is 0. The summed E-state index contributed by atoms with van der Waals surface area (Å²) in [6, 6.07) is 12.4. The molecule has 0 aliphatic heterocycles.